The molecule has 1 amide bonds. The molecule has 2 atom stereocenters. The van der Waals surface area contributed by atoms with Gasteiger partial charge in [0.25, 0.3) is 5.91 Å². The number of halogens is 1. The van der Waals surface area contributed by atoms with Gasteiger partial charge >= 0.3 is 5.97 Å². The van der Waals surface area contributed by atoms with Gasteiger partial charge in [-0.25, -0.2) is 4.98 Å². The van der Waals surface area contributed by atoms with Crippen molar-refractivity contribution in [2.24, 2.45) is 18.9 Å². The topological polar surface area (TPSA) is 138 Å². The molecule has 57 heavy (non-hydrogen) atoms. The van der Waals surface area contributed by atoms with Gasteiger partial charge in [-0.05, 0) is 87.5 Å². The number of fused-ring (bicyclic) bond motifs is 1. The maximum atomic E-state index is 13.8. The summed E-state index contributed by atoms with van der Waals surface area (Å²) in [4.78, 5) is 37.4. The third-order valence-corrected chi connectivity index (χ3v) is 14.2. The van der Waals surface area contributed by atoms with Crippen molar-refractivity contribution in [3.63, 3.8) is 0 Å². The minimum absolute atomic E-state index is 0.109. The molecule has 1 aromatic heterocycles. The Hall–Kier alpha value is -3.75. The van der Waals surface area contributed by atoms with Gasteiger partial charge in [0, 0.05) is 94.0 Å². The smallest absolute Gasteiger partial charge is 0.306 e. The number of amides is 1. The first-order valence-corrected chi connectivity index (χ1v) is 21.6. The second-order valence-corrected chi connectivity index (χ2v) is 17.8. The Bertz CT molecular complexity index is 2020. The number of aliphatic hydroxyl groups is 1. The van der Waals surface area contributed by atoms with E-state index in [9.17, 15) is 19.8 Å². The van der Waals surface area contributed by atoms with E-state index >= 15 is 0 Å². The Labute approximate surface area is 346 Å². The van der Waals surface area contributed by atoms with E-state index in [-0.39, 0.29) is 17.9 Å². The number of nitrogens with zero attached hydrogens (tertiary/aromatic N) is 5. The number of aliphatic carboxylic acids is 1. The zero-order valence-corrected chi connectivity index (χ0v) is 35.0. The fraction of sp³-hybridized carbons (Fsp3) is 0.558. The van der Waals surface area contributed by atoms with E-state index in [1.165, 1.54) is 11.4 Å². The molecule has 4 heterocycles. The number of carbonyl (C=O) groups is 2. The minimum atomic E-state index is -0.656. The molecule has 3 aromatic rings. The normalized spacial score (nSPS) is 26.1. The molecule has 2 aromatic carbocycles. The number of hydrogen-bond donors (Lipinski definition) is 6. The van der Waals surface area contributed by atoms with Crippen LogP contribution in [0.4, 0.5) is 11.4 Å². The van der Waals surface area contributed by atoms with Gasteiger partial charge in [-0.2, -0.15) is 0 Å². The first-order valence-electron chi connectivity index (χ1n) is 20.7. The molecule has 3 aliphatic heterocycles. The van der Waals surface area contributed by atoms with Gasteiger partial charge in [0.05, 0.1) is 28.4 Å². The highest BCUT2D eigenvalue weighted by atomic mass is 35.5. The Balaban J connectivity index is 0.906. The average Bonchev–Trinajstić information content (AvgIpc) is 3.72. The van der Waals surface area contributed by atoms with E-state index in [1.54, 1.807) is 0 Å². The van der Waals surface area contributed by atoms with Gasteiger partial charge < -0.3 is 35.6 Å². The molecule has 2 saturated carbocycles. The number of aliphatic hydroxyl groups excluding tert-OH is 1. The summed E-state index contributed by atoms with van der Waals surface area (Å²) < 4.78 is 2.16. The van der Waals surface area contributed by atoms with Crippen LogP contribution in [-0.2, 0) is 29.6 Å². The van der Waals surface area contributed by atoms with Crippen molar-refractivity contribution >= 4 is 47.5 Å². The number of nitrogens with one attached hydrogen (secondary N) is 3. The Morgan fingerprint density at radius 2 is 1.68 bits per heavy atom. The summed E-state index contributed by atoms with van der Waals surface area (Å²) in [5.74, 6) is 0.409. The zero-order chi connectivity index (χ0) is 40.0. The molecule has 2 aliphatic carbocycles. The fourth-order valence-corrected chi connectivity index (χ4v) is 10.6. The number of imidazole rings is 1. The van der Waals surface area contributed by atoms with Crippen LogP contribution in [0.1, 0.15) is 85.9 Å². The minimum Gasteiger partial charge on any atom is -0.481 e. The second-order valence-electron chi connectivity index (χ2n) is 16.9. The van der Waals surface area contributed by atoms with Crippen molar-refractivity contribution in [2.75, 3.05) is 43.9 Å². The largest absolute Gasteiger partial charge is 0.481 e. The number of aromatic nitrogens is 2. The summed E-state index contributed by atoms with van der Waals surface area (Å²) in [6, 6.07) is 12.3. The molecular formula is C43H57ClN8O4S. The van der Waals surface area contributed by atoms with Crippen molar-refractivity contribution in [1.29, 1.82) is 0 Å². The molecule has 2 fully saturated rings. The lowest BCUT2D eigenvalue weighted by molar-refractivity contribution is -0.143. The predicted octanol–water partition coefficient (Wildman–Crippen LogP) is 6.36. The molecule has 14 heteroatoms. The average molecular weight is 818 g/mol. The van der Waals surface area contributed by atoms with Crippen LogP contribution in [0, 0.1) is 18.8 Å². The highest BCUT2D eigenvalue weighted by molar-refractivity contribution is 7.80. The van der Waals surface area contributed by atoms with Crippen molar-refractivity contribution in [1.82, 2.24) is 29.6 Å². The van der Waals surface area contributed by atoms with Gasteiger partial charge in [0.2, 0.25) is 0 Å². The molecule has 0 spiro atoms. The highest BCUT2D eigenvalue weighted by Crippen LogP contribution is 2.40. The zero-order valence-electron chi connectivity index (χ0n) is 33.3. The number of carboxylic acids is 1. The van der Waals surface area contributed by atoms with E-state index in [4.69, 9.17) is 29.2 Å². The van der Waals surface area contributed by atoms with Gasteiger partial charge in [0.1, 0.15) is 11.2 Å². The van der Waals surface area contributed by atoms with E-state index in [2.05, 4.69) is 42.3 Å². The predicted molar refractivity (Wildman–Crippen MR) is 227 cm³/mol. The quantitative estimate of drug-likeness (QED) is 0.101. The van der Waals surface area contributed by atoms with Crippen LogP contribution in [0.2, 0.25) is 5.02 Å². The summed E-state index contributed by atoms with van der Waals surface area (Å²) in [5.41, 5.74) is 8.82. The third kappa shape index (κ3) is 8.28. The van der Waals surface area contributed by atoms with Crippen LogP contribution < -0.4 is 16.0 Å². The molecule has 5 N–H and O–H groups in total. The lowest BCUT2D eigenvalue weighted by Gasteiger charge is -2.38. The van der Waals surface area contributed by atoms with Crippen LogP contribution in [0.25, 0.3) is 11.1 Å². The third-order valence-electron chi connectivity index (χ3n) is 13.4. The van der Waals surface area contributed by atoms with Crippen LogP contribution in [0.5, 0.6) is 0 Å². The maximum absolute atomic E-state index is 13.8. The Morgan fingerprint density at radius 3 is 2.42 bits per heavy atom. The molecule has 306 valence electrons. The molecule has 5 aliphatic rings. The molecule has 2 unspecified atom stereocenters. The van der Waals surface area contributed by atoms with Gasteiger partial charge in [-0.3, -0.25) is 19.4 Å². The van der Waals surface area contributed by atoms with Gasteiger partial charge in [-0.15, -0.1) is 12.6 Å². The maximum Gasteiger partial charge on any atom is 0.306 e. The summed E-state index contributed by atoms with van der Waals surface area (Å²) in [5, 5.41) is 29.8. The first-order chi connectivity index (χ1) is 27.4. The number of anilines is 2. The van der Waals surface area contributed by atoms with Crippen molar-refractivity contribution in [2.45, 2.75) is 101 Å². The number of hydrogen-bond acceptors (Lipinski definition) is 10. The first kappa shape index (κ1) is 40.0. The van der Waals surface area contributed by atoms with E-state index in [0.717, 1.165) is 142 Å². The van der Waals surface area contributed by atoms with E-state index in [1.807, 2.05) is 50.4 Å². The van der Waals surface area contributed by atoms with E-state index < -0.39 is 17.5 Å². The summed E-state index contributed by atoms with van der Waals surface area (Å²) in [7, 11) is 4.05. The molecular weight excluding hydrogens is 760 g/mol. The standard InChI is InChI=1S/C43H57ClN8O4S/c1-25-30(6-4-8-32(25)47-41(54)39-45-35-24-52(21-19-37(35)49(39)2)28-14-16-29(53)17-15-28)31-7-5-9-33(38(31)44)48-42(57)40-46-34-23-51(20-18-36(34)50(40)3)22-26-10-12-27(13-11-26)43(55)56/h4-9,26-29,39,42,45,48,53,57H,10-24H2,1-3H3,(H,47,54)(H,55,56). The fourth-order valence-electron chi connectivity index (χ4n) is 9.97. The number of carboxylic acid groups (broad SMARTS) is 1. The highest BCUT2D eigenvalue weighted by Gasteiger charge is 2.38. The number of rotatable bonds is 10. The van der Waals surface area contributed by atoms with Gasteiger partial charge in [0.15, 0.2) is 6.17 Å². The molecule has 12 nitrogen and oxygen atoms in total. The van der Waals surface area contributed by atoms with Crippen molar-refractivity contribution < 1.29 is 19.8 Å². The number of carbonyl (C=O) groups excluding carboxylic acids is 1. The van der Waals surface area contributed by atoms with Crippen LogP contribution in [0.3, 0.4) is 0 Å². The lowest BCUT2D eigenvalue weighted by atomic mass is 9.81. The Morgan fingerprint density at radius 1 is 0.965 bits per heavy atom. The molecule has 0 radical (unpaired) electrons. The van der Waals surface area contributed by atoms with Crippen molar-refractivity contribution in [3.8, 4) is 11.1 Å². The Kier molecular flexibility index (Phi) is 11.8. The number of thiol groups is 1. The summed E-state index contributed by atoms with van der Waals surface area (Å²) >= 11 is 12.1. The summed E-state index contributed by atoms with van der Waals surface area (Å²) in [6.07, 6.45) is 8.38. The molecule has 0 bridgehead atoms. The molecule has 0 saturated heterocycles. The van der Waals surface area contributed by atoms with Crippen LogP contribution in [-0.4, -0.2) is 97.9 Å². The van der Waals surface area contributed by atoms with Crippen molar-refractivity contribution in [3.05, 3.63) is 75.6 Å². The number of likely N-dealkylation sites (N-methyl/N-ethyl adjacent to an activating group) is 1. The van der Waals surface area contributed by atoms with Crippen LogP contribution in [0.15, 0.2) is 47.8 Å². The SMILES string of the molecule is Cc1c(NC(=O)C2NC3=C(CCN(C4CCC(O)CC4)C3)N2C)cccc1-c1cccc(NC(S)c2nc3c(n2C)CCN(CC2CCC(C(=O)O)CC2)C3)c1Cl. The summed E-state index contributed by atoms with van der Waals surface area (Å²) in [6.45, 7) is 6.50. The second kappa shape index (κ2) is 16.8. The van der Waals surface area contributed by atoms with Gasteiger partial charge in [-0.1, -0.05) is 35.9 Å². The van der Waals surface area contributed by atoms with Crippen LogP contribution >= 0.6 is 24.2 Å². The monoisotopic (exact) mass is 816 g/mol. The lowest BCUT2D eigenvalue weighted by Crippen LogP contribution is -2.46. The molecule has 8 rings (SSSR count). The van der Waals surface area contributed by atoms with E-state index in [0.29, 0.717) is 17.0 Å². The number of benzene rings is 2.